The first-order chi connectivity index (χ1) is 12.3. The molecule has 3 rings (SSSR count). The summed E-state index contributed by atoms with van der Waals surface area (Å²) in [6.45, 7) is 4.19. The van der Waals surface area contributed by atoms with Crippen molar-refractivity contribution in [2.24, 2.45) is 14.1 Å². The average Bonchev–Trinajstić information content (AvgIpc) is 3.06. The lowest BCUT2D eigenvalue weighted by Gasteiger charge is -2.32. The zero-order valence-corrected chi connectivity index (χ0v) is 16.1. The van der Waals surface area contributed by atoms with Crippen molar-refractivity contribution in [2.45, 2.75) is 32.4 Å². The fourth-order valence-electron chi connectivity index (χ4n) is 3.21. The summed E-state index contributed by atoms with van der Waals surface area (Å²) in [7, 11) is 3.17. The minimum atomic E-state index is -0.305. The highest BCUT2D eigenvalue weighted by Crippen LogP contribution is 2.17. The van der Waals surface area contributed by atoms with Crippen molar-refractivity contribution < 1.29 is 4.79 Å². The minimum absolute atomic E-state index is 0.00416. The Morgan fingerprint density at radius 1 is 1.19 bits per heavy atom. The van der Waals surface area contributed by atoms with Crippen LogP contribution in [0.4, 0.5) is 0 Å². The Balaban J connectivity index is 1.57. The molecule has 0 unspecified atom stereocenters. The number of carbonyl (C=O) groups is 1. The van der Waals surface area contributed by atoms with Crippen LogP contribution >= 0.6 is 11.3 Å². The van der Waals surface area contributed by atoms with Crippen LogP contribution in [-0.2, 0) is 20.6 Å². The summed E-state index contributed by atoms with van der Waals surface area (Å²) in [5, 5.41) is 3.11. The molecule has 1 N–H and O–H groups in total. The number of piperidine rings is 1. The average molecular weight is 376 g/mol. The van der Waals surface area contributed by atoms with Crippen LogP contribution in [0, 0.1) is 6.92 Å². The highest BCUT2D eigenvalue weighted by molar-refractivity contribution is 7.13. The van der Waals surface area contributed by atoms with Crippen LogP contribution in [0.15, 0.2) is 27.8 Å². The summed E-state index contributed by atoms with van der Waals surface area (Å²) in [6.07, 6.45) is 1.71. The number of nitrogens with one attached hydrogen (secondary N) is 1. The lowest BCUT2D eigenvalue weighted by Crippen LogP contribution is -2.45. The number of hydrogen-bond donors (Lipinski definition) is 1. The summed E-state index contributed by atoms with van der Waals surface area (Å²) in [6, 6.07) is 5.50. The van der Waals surface area contributed by atoms with Crippen molar-refractivity contribution in [1.29, 1.82) is 0 Å². The molecule has 2 aromatic heterocycles. The molecule has 0 bridgehead atoms. The predicted molar refractivity (Wildman–Crippen MR) is 102 cm³/mol. The van der Waals surface area contributed by atoms with Gasteiger partial charge in [-0.3, -0.25) is 23.6 Å². The maximum atomic E-state index is 12.3. The molecular weight excluding hydrogens is 352 g/mol. The van der Waals surface area contributed by atoms with E-state index in [0.29, 0.717) is 6.54 Å². The molecule has 1 saturated heterocycles. The largest absolute Gasteiger partial charge is 0.349 e. The lowest BCUT2D eigenvalue weighted by molar-refractivity contribution is 0.0912. The van der Waals surface area contributed by atoms with Crippen molar-refractivity contribution in [3.8, 4) is 0 Å². The second-order valence-electron chi connectivity index (χ2n) is 6.81. The molecule has 0 aromatic carbocycles. The maximum Gasteiger partial charge on any atom is 0.330 e. The van der Waals surface area contributed by atoms with E-state index in [1.165, 1.54) is 29.0 Å². The summed E-state index contributed by atoms with van der Waals surface area (Å²) >= 11 is 1.51. The number of rotatable bonds is 4. The van der Waals surface area contributed by atoms with E-state index in [9.17, 15) is 14.4 Å². The first-order valence-corrected chi connectivity index (χ1v) is 9.52. The van der Waals surface area contributed by atoms with E-state index < -0.39 is 0 Å². The number of hydrogen-bond acceptors (Lipinski definition) is 5. The number of likely N-dealkylation sites (tertiary alicyclic amines) is 1. The molecule has 0 atom stereocenters. The zero-order valence-electron chi connectivity index (χ0n) is 15.3. The molecule has 2 aromatic rings. The topological polar surface area (TPSA) is 76.3 Å². The van der Waals surface area contributed by atoms with Crippen LogP contribution in [0.1, 0.15) is 33.1 Å². The molecule has 0 spiro atoms. The second kappa shape index (κ2) is 7.59. The van der Waals surface area contributed by atoms with Gasteiger partial charge in [-0.25, -0.2) is 4.79 Å². The van der Waals surface area contributed by atoms with Gasteiger partial charge in [-0.15, -0.1) is 11.3 Å². The van der Waals surface area contributed by atoms with Gasteiger partial charge in [-0.05, 0) is 31.9 Å². The van der Waals surface area contributed by atoms with Crippen LogP contribution in [0.3, 0.4) is 0 Å². The van der Waals surface area contributed by atoms with Gasteiger partial charge in [-0.1, -0.05) is 0 Å². The number of aromatic nitrogens is 2. The smallest absolute Gasteiger partial charge is 0.330 e. The van der Waals surface area contributed by atoms with Gasteiger partial charge in [0.25, 0.3) is 11.5 Å². The molecule has 7 nitrogen and oxygen atoms in total. The van der Waals surface area contributed by atoms with Gasteiger partial charge in [0.1, 0.15) is 0 Å². The third-order valence-electron chi connectivity index (χ3n) is 4.90. The maximum absolute atomic E-state index is 12.3. The number of amides is 1. The molecule has 0 aliphatic carbocycles. The zero-order chi connectivity index (χ0) is 18.8. The van der Waals surface area contributed by atoms with Crippen molar-refractivity contribution in [2.75, 3.05) is 13.1 Å². The summed E-state index contributed by atoms with van der Waals surface area (Å²) in [5.74, 6) is -0.00416. The Morgan fingerprint density at radius 2 is 1.88 bits per heavy atom. The molecule has 1 amide bonds. The predicted octanol–water partition coefficient (Wildman–Crippen LogP) is 0.848. The monoisotopic (exact) mass is 376 g/mol. The lowest BCUT2D eigenvalue weighted by atomic mass is 10.0. The highest BCUT2D eigenvalue weighted by atomic mass is 32.1. The fourth-order valence-corrected chi connectivity index (χ4v) is 3.98. The van der Waals surface area contributed by atoms with Crippen molar-refractivity contribution >= 4 is 17.2 Å². The molecule has 0 saturated carbocycles. The Hall–Kier alpha value is -2.19. The summed E-state index contributed by atoms with van der Waals surface area (Å²) in [5.41, 5.74) is 0.132. The number of carbonyl (C=O) groups excluding carboxylic acids is 1. The van der Waals surface area contributed by atoms with Gasteiger partial charge < -0.3 is 5.32 Å². The summed E-state index contributed by atoms with van der Waals surface area (Å²) in [4.78, 5) is 40.2. The Kier molecular flexibility index (Phi) is 5.43. The van der Waals surface area contributed by atoms with Crippen LogP contribution in [-0.4, -0.2) is 39.1 Å². The third kappa shape index (κ3) is 3.96. The molecule has 140 valence electrons. The van der Waals surface area contributed by atoms with E-state index in [-0.39, 0.29) is 23.2 Å². The van der Waals surface area contributed by atoms with Gasteiger partial charge >= 0.3 is 5.69 Å². The number of thiophene rings is 1. The SMILES string of the molecule is Cc1ccc(C(=O)NC2CCN(Cc3cc(=O)n(C)c(=O)n3C)CC2)s1. The van der Waals surface area contributed by atoms with Crippen LogP contribution in [0.25, 0.3) is 0 Å². The van der Waals surface area contributed by atoms with Crippen LogP contribution in [0.5, 0.6) is 0 Å². The van der Waals surface area contributed by atoms with Gasteiger partial charge in [0, 0.05) is 56.4 Å². The molecule has 1 fully saturated rings. The van der Waals surface area contributed by atoms with Gasteiger partial charge in [0.05, 0.1) is 4.88 Å². The molecule has 8 heteroatoms. The Bertz CT molecular complexity index is 919. The van der Waals surface area contributed by atoms with Gasteiger partial charge in [0.15, 0.2) is 0 Å². The van der Waals surface area contributed by atoms with Crippen molar-refractivity contribution in [3.05, 3.63) is 54.5 Å². The molecule has 26 heavy (non-hydrogen) atoms. The highest BCUT2D eigenvalue weighted by Gasteiger charge is 2.22. The van der Waals surface area contributed by atoms with E-state index >= 15 is 0 Å². The molecule has 0 radical (unpaired) electrons. The third-order valence-corrected chi connectivity index (χ3v) is 5.90. The van der Waals surface area contributed by atoms with Gasteiger partial charge in [0.2, 0.25) is 0 Å². The molecule has 1 aliphatic rings. The van der Waals surface area contributed by atoms with E-state index in [1.54, 1.807) is 7.05 Å². The fraction of sp³-hybridized carbons (Fsp3) is 0.500. The normalized spacial score (nSPS) is 16.0. The van der Waals surface area contributed by atoms with E-state index in [2.05, 4.69) is 10.2 Å². The molecular formula is C18H24N4O3S. The molecule has 1 aliphatic heterocycles. The van der Waals surface area contributed by atoms with Crippen molar-refractivity contribution in [3.63, 3.8) is 0 Å². The summed E-state index contributed by atoms with van der Waals surface area (Å²) < 4.78 is 2.63. The standard InChI is InChI=1S/C18H24N4O3S/c1-12-4-5-15(26-12)17(24)19-13-6-8-22(9-7-13)11-14-10-16(23)21(3)18(25)20(14)2/h4-5,10,13H,6-9,11H2,1-3H3,(H,19,24). The van der Waals surface area contributed by atoms with E-state index in [4.69, 9.17) is 0 Å². The second-order valence-corrected chi connectivity index (χ2v) is 8.10. The van der Waals surface area contributed by atoms with E-state index in [1.807, 2.05) is 19.1 Å². The first-order valence-electron chi connectivity index (χ1n) is 8.70. The van der Waals surface area contributed by atoms with Gasteiger partial charge in [-0.2, -0.15) is 0 Å². The first kappa shape index (κ1) is 18.6. The van der Waals surface area contributed by atoms with Crippen LogP contribution in [0.2, 0.25) is 0 Å². The number of nitrogens with zero attached hydrogens (tertiary/aromatic N) is 3. The Morgan fingerprint density at radius 3 is 2.50 bits per heavy atom. The van der Waals surface area contributed by atoms with Crippen molar-refractivity contribution in [1.82, 2.24) is 19.4 Å². The van der Waals surface area contributed by atoms with Crippen LogP contribution < -0.4 is 16.6 Å². The molecule has 3 heterocycles. The van der Waals surface area contributed by atoms with E-state index in [0.717, 1.165) is 45.9 Å². The Labute approximate surface area is 155 Å². The minimum Gasteiger partial charge on any atom is -0.349 e. The number of aryl methyl sites for hydroxylation is 1. The quantitative estimate of drug-likeness (QED) is 0.858.